The molecule has 0 amide bonds. The van der Waals surface area contributed by atoms with Crippen molar-refractivity contribution in [3.8, 4) is 0 Å². The lowest BCUT2D eigenvalue weighted by atomic mass is 9.94. The third kappa shape index (κ3) is 2.66. The second-order valence-corrected chi connectivity index (χ2v) is 4.76. The van der Waals surface area contributed by atoms with E-state index in [1.807, 2.05) is 25.3 Å². The predicted molar refractivity (Wildman–Crippen MR) is 66.1 cm³/mol. The summed E-state index contributed by atoms with van der Waals surface area (Å²) >= 11 is 0. The Labute approximate surface area is 102 Å². The topological polar surface area (TPSA) is 67.2 Å². The van der Waals surface area contributed by atoms with E-state index in [4.69, 9.17) is 0 Å². The third-order valence-electron chi connectivity index (χ3n) is 3.49. The summed E-state index contributed by atoms with van der Waals surface area (Å²) in [5.41, 5.74) is 1.16. The van der Waals surface area contributed by atoms with E-state index in [-0.39, 0.29) is 6.04 Å². The van der Waals surface area contributed by atoms with Crippen LogP contribution in [0, 0.1) is 13.8 Å². The van der Waals surface area contributed by atoms with Crippen LogP contribution in [0.2, 0.25) is 0 Å². The molecule has 0 aliphatic heterocycles. The van der Waals surface area contributed by atoms with Crippen molar-refractivity contribution < 1.29 is 9.90 Å². The van der Waals surface area contributed by atoms with E-state index in [9.17, 15) is 9.90 Å². The monoisotopic (exact) mass is 239 g/mol. The zero-order chi connectivity index (χ0) is 13.2. The molecule has 2 unspecified atom stereocenters. The van der Waals surface area contributed by atoms with E-state index in [0.29, 0.717) is 6.42 Å². The normalized spacial score (nSPS) is 16.5. The lowest BCUT2D eigenvalue weighted by Crippen LogP contribution is -2.48. The Morgan fingerprint density at radius 1 is 1.65 bits per heavy atom. The average Bonchev–Trinajstić information content (AvgIpc) is 2.59. The van der Waals surface area contributed by atoms with Gasteiger partial charge in [0.2, 0.25) is 0 Å². The smallest absolute Gasteiger partial charge is 0.323 e. The molecule has 1 aromatic heterocycles. The maximum atomic E-state index is 11.2. The van der Waals surface area contributed by atoms with Crippen LogP contribution in [0.3, 0.4) is 0 Å². The quantitative estimate of drug-likeness (QED) is 0.817. The summed E-state index contributed by atoms with van der Waals surface area (Å²) in [4.78, 5) is 15.5. The standard InChI is InChI=1S/C12H21N3O2/c1-8(6-12(4,13-5)11(16)17)15-7-14-9(2)10(15)3/h7-8,13H,6H2,1-5H3,(H,16,17). The Hall–Kier alpha value is -1.36. The zero-order valence-electron chi connectivity index (χ0n) is 11.1. The number of carboxylic acids is 1. The third-order valence-corrected chi connectivity index (χ3v) is 3.49. The second-order valence-electron chi connectivity index (χ2n) is 4.76. The molecular weight excluding hydrogens is 218 g/mol. The van der Waals surface area contributed by atoms with Crippen molar-refractivity contribution >= 4 is 5.97 Å². The number of hydrogen-bond donors (Lipinski definition) is 2. The summed E-state index contributed by atoms with van der Waals surface area (Å²) in [6.45, 7) is 7.65. The molecule has 5 heteroatoms. The number of rotatable bonds is 5. The van der Waals surface area contributed by atoms with E-state index < -0.39 is 11.5 Å². The summed E-state index contributed by atoms with van der Waals surface area (Å²) in [5, 5.41) is 12.1. The molecule has 1 aromatic rings. The first-order valence-electron chi connectivity index (χ1n) is 5.74. The fraction of sp³-hybridized carbons (Fsp3) is 0.667. The number of aromatic nitrogens is 2. The van der Waals surface area contributed by atoms with Crippen LogP contribution in [0.4, 0.5) is 0 Å². The van der Waals surface area contributed by atoms with Gasteiger partial charge in [-0.1, -0.05) is 0 Å². The summed E-state index contributed by atoms with van der Waals surface area (Å²) in [6.07, 6.45) is 2.28. The lowest BCUT2D eigenvalue weighted by Gasteiger charge is -2.28. The molecule has 0 aliphatic rings. The van der Waals surface area contributed by atoms with Crippen LogP contribution in [-0.4, -0.2) is 33.2 Å². The van der Waals surface area contributed by atoms with Gasteiger partial charge in [0, 0.05) is 11.7 Å². The fourth-order valence-electron chi connectivity index (χ4n) is 1.95. The highest BCUT2D eigenvalue weighted by Gasteiger charge is 2.33. The van der Waals surface area contributed by atoms with Gasteiger partial charge in [-0.25, -0.2) is 4.98 Å². The van der Waals surface area contributed by atoms with Gasteiger partial charge < -0.3 is 15.0 Å². The first-order valence-corrected chi connectivity index (χ1v) is 5.74. The van der Waals surface area contributed by atoms with E-state index in [1.165, 1.54) is 0 Å². The number of nitrogens with one attached hydrogen (secondary N) is 1. The zero-order valence-corrected chi connectivity index (χ0v) is 11.1. The van der Waals surface area contributed by atoms with Gasteiger partial charge in [-0.15, -0.1) is 0 Å². The molecule has 1 heterocycles. The molecule has 0 aromatic carbocycles. The van der Waals surface area contributed by atoms with Crippen molar-refractivity contribution in [2.75, 3.05) is 7.05 Å². The Kier molecular flexibility index (Phi) is 3.93. The summed E-state index contributed by atoms with van der Waals surface area (Å²) in [7, 11) is 1.67. The Bertz CT molecular complexity index is 414. The number of carboxylic acid groups (broad SMARTS) is 1. The van der Waals surface area contributed by atoms with E-state index >= 15 is 0 Å². The molecule has 2 atom stereocenters. The summed E-state index contributed by atoms with van der Waals surface area (Å²) < 4.78 is 2.02. The van der Waals surface area contributed by atoms with Crippen LogP contribution < -0.4 is 5.32 Å². The van der Waals surface area contributed by atoms with Crippen LogP contribution in [0.15, 0.2) is 6.33 Å². The highest BCUT2D eigenvalue weighted by atomic mass is 16.4. The molecule has 5 nitrogen and oxygen atoms in total. The Balaban J connectivity index is 2.89. The Morgan fingerprint density at radius 2 is 2.24 bits per heavy atom. The van der Waals surface area contributed by atoms with Crippen molar-refractivity contribution in [1.82, 2.24) is 14.9 Å². The molecule has 17 heavy (non-hydrogen) atoms. The van der Waals surface area contributed by atoms with Crippen LogP contribution in [-0.2, 0) is 4.79 Å². The van der Waals surface area contributed by atoms with Crippen LogP contribution in [0.25, 0.3) is 0 Å². The maximum Gasteiger partial charge on any atom is 0.323 e. The van der Waals surface area contributed by atoms with Gasteiger partial charge in [0.1, 0.15) is 5.54 Å². The highest BCUT2D eigenvalue weighted by Crippen LogP contribution is 2.23. The minimum Gasteiger partial charge on any atom is -0.480 e. The van der Waals surface area contributed by atoms with Crippen molar-refractivity contribution in [3.63, 3.8) is 0 Å². The molecule has 0 aliphatic carbocycles. The number of aryl methyl sites for hydroxylation is 1. The van der Waals surface area contributed by atoms with Gasteiger partial charge in [0.05, 0.1) is 12.0 Å². The summed E-state index contributed by atoms with van der Waals surface area (Å²) in [5.74, 6) is -0.832. The van der Waals surface area contributed by atoms with Gasteiger partial charge in [0.25, 0.3) is 0 Å². The van der Waals surface area contributed by atoms with Gasteiger partial charge in [-0.3, -0.25) is 4.79 Å². The van der Waals surface area contributed by atoms with Crippen molar-refractivity contribution in [1.29, 1.82) is 0 Å². The average molecular weight is 239 g/mol. The van der Waals surface area contributed by atoms with Crippen LogP contribution in [0.5, 0.6) is 0 Å². The maximum absolute atomic E-state index is 11.2. The molecule has 0 saturated heterocycles. The van der Waals surface area contributed by atoms with Crippen LogP contribution >= 0.6 is 0 Å². The minimum atomic E-state index is -0.913. The number of imidazole rings is 1. The molecule has 0 fully saturated rings. The van der Waals surface area contributed by atoms with E-state index in [0.717, 1.165) is 11.4 Å². The first-order chi connectivity index (χ1) is 7.81. The Morgan fingerprint density at radius 3 is 2.59 bits per heavy atom. The molecule has 0 saturated carbocycles. The minimum absolute atomic E-state index is 0.0877. The SMILES string of the molecule is CNC(C)(CC(C)n1cnc(C)c1C)C(=O)O. The lowest BCUT2D eigenvalue weighted by molar-refractivity contribution is -0.144. The predicted octanol–water partition coefficient (Wildman–Crippen LogP) is 1.51. The second kappa shape index (κ2) is 4.87. The van der Waals surface area contributed by atoms with E-state index in [2.05, 4.69) is 10.3 Å². The number of hydrogen-bond acceptors (Lipinski definition) is 3. The molecule has 0 spiro atoms. The van der Waals surface area contributed by atoms with Crippen LogP contribution in [0.1, 0.15) is 37.7 Å². The number of carbonyl (C=O) groups is 1. The van der Waals surface area contributed by atoms with Gasteiger partial charge in [0.15, 0.2) is 0 Å². The molecule has 0 bridgehead atoms. The van der Waals surface area contributed by atoms with Crippen molar-refractivity contribution in [3.05, 3.63) is 17.7 Å². The number of aliphatic carboxylic acids is 1. The van der Waals surface area contributed by atoms with E-state index in [1.54, 1.807) is 20.3 Å². The molecule has 2 N–H and O–H groups in total. The van der Waals surface area contributed by atoms with Gasteiger partial charge in [-0.2, -0.15) is 0 Å². The molecular formula is C12H21N3O2. The highest BCUT2D eigenvalue weighted by molar-refractivity contribution is 5.78. The number of nitrogens with zero attached hydrogens (tertiary/aromatic N) is 2. The summed E-state index contributed by atoms with van der Waals surface area (Å²) in [6, 6.07) is 0.0877. The van der Waals surface area contributed by atoms with Crippen molar-refractivity contribution in [2.24, 2.45) is 0 Å². The van der Waals surface area contributed by atoms with Crippen molar-refractivity contribution in [2.45, 2.75) is 45.7 Å². The molecule has 96 valence electrons. The number of likely N-dealkylation sites (N-methyl/N-ethyl adjacent to an activating group) is 1. The first kappa shape index (κ1) is 13.7. The molecule has 1 rings (SSSR count). The largest absolute Gasteiger partial charge is 0.480 e. The van der Waals surface area contributed by atoms with Gasteiger partial charge in [-0.05, 0) is 41.2 Å². The van der Waals surface area contributed by atoms with Gasteiger partial charge >= 0.3 is 5.97 Å². The fourth-order valence-corrected chi connectivity index (χ4v) is 1.95. The molecule has 0 radical (unpaired) electrons.